The van der Waals surface area contributed by atoms with Gasteiger partial charge in [-0.05, 0) is 85.6 Å². The number of aromatic nitrogens is 7. The second-order valence-corrected chi connectivity index (χ2v) is 18.5. The first kappa shape index (κ1) is 38.4. The van der Waals surface area contributed by atoms with Crippen molar-refractivity contribution in [2.45, 2.75) is 94.2 Å². The molecule has 4 aromatic heterocycles. The van der Waals surface area contributed by atoms with Crippen molar-refractivity contribution in [1.29, 1.82) is 0 Å². The Kier molecular flexibility index (Phi) is 10.7. The van der Waals surface area contributed by atoms with E-state index in [4.69, 9.17) is 21.3 Å². The Morgan fingerprint density at radius 3 is 2.46 bits per heavy atom. The Morgan fingerprint density at radius 2 is 1.80 bits per heavy atom. The summed E-state index contributed by atoms with van der Waals surface area (Å²) in [6, 6.07) is 6.44. The number of imidazole rings is 1. The number of nitrogens with zero attached hydrogens (tertiary/aromatic N) is 8. The molecule has 3 atom stereocenters. The van der Waals surface area contributed by atoms with Gasteiger partial charge in [-0.1, -0.05) is 23.4 Å². The van der Waals surface area contributed by atoms with Crippen LogP contribution >= 0.6 is 23.4 Å². The van der Waals surface area contributed by atoms with Gasteiger partial charge in [0.1, 0.15) is 38.8 Å². The maximum Gasteiger partial charge on any atom is 0.229 e. The molecule has 2 aliphatic rings. The highest BCUT2D eigenvalue weighted by atomic mass is 35.5. The molecule has 1 spiro atoms. The molecule has 2 fully saturated rings. The number of nitrogens with one attached hydrogen (secondary N) is 2. The van der Waals surface area contributed by atoms with E-state index in [0.29, 0.717) is 33.7 Å². The number of anilines is 3. The van der Waals surface area contributed by atoms with Crippen LogP contribution in [-0.4, -0.2) is 75.3 Å². The molecule has 12 nitrogen and oxygen atoms in total. The number of hydrogen-bond donors (Lipinski definition) is 2. The van der Waals surface area contributed by atoms with Crippen molar-refractivity contribution in [2.24, 2.45) is 5.41 Å². The smallest absolute Gasteiger partial charge is 0.229 e. The Labute approximate surface area is 324 Å². The second kappa shape index (κ2) is 15.0. The maximum absolute atomic E-state index is 15.1. The molecule has 286 valence electrons. The first-order valence-electron chi connectivity index (χ1n) is 17.8. The van der Waals surface area contributed by atoms with Crippen LogP contribution in [0.1, 0.15) is 66.3 Å². The standard InChI is InChI=1S/C37H43ClF2N10O2S2/c1-20(2)50-22(4)44-32-24(39)14-23(15-26(32)50)31-25(40)16-43-35(47-31)46-28-9-8-27(34(38)45-28)53-30-18-41-29(17-42-30)49-12-10-37(11-13-49)19-52-21(3)33(37)48-54(51)36(5,6)7/h8-9,14-18,20-21,33,48H,10-13,19H2,1-7H3,(H,43,45,46,47)/t21-,33+,54+/m0/s1. The first-order valence-corrected chi connectivity index (χ1v) is 20.2. The molecular formula is C37H43ClF2N10O2S2. The van der Waals surface area contributed by atoms with Gasteiger partial charge >= 0.3 is 0 Å². The third-order valence-corrected chi connectivity index (χ3v) is 12.9. The quantitative estimate of drug-likeness (QED) is 0.141. The van der Waals surface area contributed by atoms with Gasteiger partial charge in [-0.25, -0.2) is 47.6 Å². The van der Waals surface area contributed by atoms with Crippen molar-refractivity contribution < 1.29 is 17.7 Å². The van der Waals surface area contributed by atoms with Crippen LogP contribution in [0.5, 0.6) is 0 Å². The number of fused-ring (bicyclic) bond motifs is 1. The van der Waals surface area contributed by atoms with E-state index in [2.05, 4.69) is 46.8 Å². The van der Waals surface area contributed by atoms with E-state index in [0.717, 1.165) is 37.9 Å². The van der Waals surface area contributed by atoms with Crippen molar-refractivity contribution in [3.8, 4) is 11.3 Å². The monoisotopic (exact) mass is 796 g/mol. The number of benzene rings is 1. The molecule has 2 N–H and O–H groups in total. The number of rotatable bonds is 9. The number of halogens is 3. The Hall–Kier alpha value is -3.83. The van der Waals surface area contributed by atoms with Crippen LogP contribution in [0.15, 0.2) is 52.8 Å². The van der Waals surface area contributed by atoms with Crippen LogP contribution in [0.25, 0.3) is 22.3 Å². The van der Waals surface area contributed by atoms with Gasteiger partial charge in [0.15, 0.2) is 11.6 Å². The molecule has 0 radical (unpaired) electrons. The van der Waals surface area contributed by atoms with Gasteiger partial charge in [0.05, 0.1) is 63.5 Å². The second-order valence-electron chi connectivity index (χ2n) is 15.1. The molecule has 7 rings (SSSR count). The molecule has 17 heteroatoms. The molecule has 0 aliphatic carbocycles. The summed E-state index contributed by atoms with van der Waals surface area (Å²) in [4.78, 5) is 29.5. The van der Waals surface area contributed by atoms with Gasteiger partial charge in [0, 0.05) is 30.1 Å². The fourth-order valence-corrected chi connectivity index (χ4v) is 9.14. The number of piperidine rings is 1. The molecule has 0 amide bonds. The van der Waals surface area contributed by atoms with Gasteiger partial charge in [0.2, 0.25) is 5.95 Å². The van der Waals surface area contributed by atoms with E-state index in [1.165, 1.54) is 17.8 Å². The Morgan fingerprint density at radius 1 is 1.04 bits per heavy atom. The van der Waals surface area contributed by atoms with Crippen LogP contribution in [0.3, 0.4) is 0 Å². The summed E-state index contributed by atoms with van der Waals surface area (Å²) in [6.45, 7) is 16.0. The summed E-state index contributed by atoms with van der Waals surface area (Å²) in [7, 11) is -1.18. The summed E-state index contributed by atoms with van der Waals surface area (Å²) in [6.07, 6.45) is 6.27. The number of aryl methyl sites for hydroxylation is 1. The minimum Gasteiger partial charge on any atom is -0.376 e. The van der Waals surface area contributed by atoms with Crippen LogP contribution in [0.2, 0.25) is 5.15 Å². The fraction of sp³-hybridized carbons (Fsp3) is 0.459. The summed E-state index contributed by atoms with van der Waals surface area (Å²) in [5.41, 5.74) is 0.887. The molecule has 0 unspecified atom stereocenters. The first-order chi connectivity index (χ1) is 25.6. The minimum absolute atomic E-state index is 0.0150. The zero-order chi connectivity index (χ0) is 38.5. The van der Waals surface area contributed by atoms with E-state index < -0.39 is 22.6 Å². The van der Waals surface area contributed by atoms with Crippen molar-refractivity contribution >= 4 is 63.0 Å². The van der Waals surface area contributed by atoms with Crippen molar-refractivity contribution in [3.05, 3.63) is 65.5 Å². The molecular weight excluding hydrogens is 754 g/mol. The van der Waals surface area contributed by atoms with Crippen LogP contribution in [0.4, 0.5) is 26.4 Å². The SMILES string of the molecule is Cc1nc2c(F)cc(-c3nc(Nc4ccc(Sc5cnc(N6CCC7(CC6)CO[C@@H](C)[C@H]7N[S@](=O)C(C)(C)C)cn5)c(Cl)n4)ncc3F)cc2n1C(C)C. The summed E-state index contributed by atoms with van der Waals surface area (Å²) >= 11 is 7.92. The Bertz CT molecular complexity index is 2210. The zero-order valence-electron chi connectivity index (χ0n) is 31.2. The topological polar surface area (TPSA) is 136 Å². The number of hydrogen-bond acceptors (Lipinski definition) is 11. The largest absolute Gasteiger partial charge is 0.376 e. The molecule has 54 heavy (non-hydrogen) atoms. The lowest BCUT2D eigenvalue weighted by molar-refractivity contribution is 0.0973. The van der Waals surface area contributed by atoms with Crippen molar-refractivity contribution in [2.75, 3.05) is 29.9 Å². The average molecular weight is 797 g/mol. The van der Waals surface area contributed by atoms with E-state index in [-0.39, 0.29) is 56.2 Å². The third-order valence-electron chi connectivity index (χ3n) is 9.98. The van der Waals surface area contributed by atoms with Gasteiger partial charge < -0.3 is 19.5 Å². The summed E-state index contributed by atoms with van der Waals surface area (Å²) in [5, 5.41) is 3.84. The number of pyridine rings is 1. The van der Waals surface area contributed by atoms with E-state index in [9.17, 15) is 4.21 Å². The maximum atomic E-state index is 15.1. The predicted octanol–water partition coefficient (Wildman–Crippen LogP) is 7.82. The van der Waals surface area contributed by atoms with Crippen LogP contribution in [-0.2, 0) is 15.7 Å². The average Bonchev–Trinajstić information content (AvgIpc) is 3.62. The van der Waals surface area contributed by atoms with Crippen molar-refractivity contribution in [1.82, 2.24) is 39.2 Å². The highest BCUT2D eigenvalue weighted by molar-refractivity contribution is 7.99. The molecule has 1 aromatic carbocycles. The van der Waals surface area contributed by atoms with Gasteiger partial charge in [-0.3, -0.25) is 0 Å². The fourth-order valence-electron chi connectivity index (χ4n) is 7.14. The molecule has 2 aliphatic heterocycles. The number of ether oxygens (including phenoxy) is 1. The zero-order valence-corrected chi connectivity index (χ0v) is 33.5. The normalized spacial score (nSPS) is 19.3. The minimum atomic E-state index is -1.18. The molecule has 5 aromatic rings. The third kappa shape index (κ3) is 7.68. The highest BCUT2D eigenvalue weighted by Gasteiger charge is 2.50. The highest BCUT2D eigenvalue weighted by Crippen LogP contribution is 2.43. The van der Waals surface area contributed by atoms with Gasteiger partial charge in [0.25, 0.3) is 0 Å². The van der Waals surface area contributed by atoms with Crippen LogP contribution in [0, 0.1) is 24.0 Å². The summed E-state index contributed by atoms with van der Waals surface area (Å²) in [5.74, 6) is 0.591. The predicted molar refractivity (Wildman–Crippen MR) is 209 cm³/mol. The molecule has 6 heterocycles. The molecule has 0 saturated carbocycles. The molecule has 2 saturated heterocycles. The Balaban J connectivity index is 0.998. The van der Waals surface area contributed by atoms with E-state index in [1.54, 1.807) is 30.6 Å². The lowest BCUT2D eigenvalue weighted by atomic mass is 9.73. The summed E-state index contributed by atoms with van der Waals surface area (Å²) < 4.78 is 54.2. The lowest BCUT2D eigenvalue weighted by Gasteiger charge is -2.43. The van der Waals surface area contributed by atoms with E-state index in [1.807, 2.05) is 46.1 Å². The van der Waals surface area contributed by atoms with Crippen LogP contribution < -0.4 is 14.9 Å². The van der Waals surface area contributed by atoms with Crippen molar-refractivity contribution in [3.63, 3.8) is 0 Å². The van der Waals surface area contributed by atoms with E-state index >= 15 is 8.78 Å². The lowest BCUT2D eigenvalue weighted by Crippen LogP contribution is -2.55. The van der Waals surface area contributed by atoms with Gasteiger partial charge in [-0.2, -0.15) is 0 Å². The van der Waals surface area contributed by atoms with Gasteiger partial charge in [-0.15, -0.1) is 0 Å². The molecule has 0 bridgehead atoms.